The Kier molecular flexibility index (Phi) is 4.44. The fraction of sp³-hybridized carbons (Fsp3) is 0.375. The van der Waals surface area contributed by atoms with Crippen LogP contribution in [0.4, 0.5) is 0 Å². The van der Waals surface area contributed by atoms with Gasteiger partial charge in [0, 0.05) is 25.2 Å². The van der Waals surface area contributed by atoms with Crippen LogP contribution in [0, 0.1) is 18.3 Å². The number of nitrogens with zero attached hydrogens (tertiary/aromatic N) is 3. The number of aromatic nitrogens is 3. The largest absolute Gasteiger partial charge is 0.348 e. The zero-order valence-electron chi connectivity index (χ0n) is 13.0. The van der Waals surface area contributed by atoms with Gasteiger partial charge in [-0.3, -0.25) is 23.9 Å². The van der Waals surface area contributed by atoms with Gasteiger partial charge in [0.05, 0.1) is 25.0 Å². The maximum atomic E-state index is 12.2. The number of carbonyl (C=O) groups is 2. The van der Waals surface area contributed by atoms with Crippen molar-refractivity contribution in [2.75, 3.05) is 26.2 Å². The summed E-state index contributed by atoms with van der Waals surface area (Å²) in [5.74, 6) is 2.34. The van der Waals surface area contributed by atoms with Gasteiger partial charge < -0.3 is 10.3 Å². The van der Waals surface area contributed by atoms with Crippen LogP contribution in [0.2, 0.25) is 0 Å². The Morgan fingerprint density at radius 2 is 2.21 bits per heavy atom. The molecular weight excluding hydrogens is 310 g/mol. The minimum atomic E-state index is -0.290. The average Bonchev–Trinajstić information content (AvgIpc) is 3.00. The third-order valence-corrected chi connectivity index (χ3v) is 3.93. The first-order valence-corrected chi connectivity index (χ1v) is 7.56. The van der Waals surface area contributed by atoms with Crippen LogP contribution < -0.4 is 10.9 Å². The first-order chi connectivity index (χ1) is 11.6. The number of fused-ring (bicyclic) bond motifs is 1. The van der Waals surface area contributed by atoms with Gasteiger partial charge in [-0.1, -0.05) is 0 Å². The minimum absolute atomic E-state index is 0.122. The molecule has 0 aliphatic carbocycles. The molecule has 1 saturated heterocycles. The number of H-pyrrole nitrogens is 1. The molecule has 0 aromatic carbocycles. The summed E-state index contributed by atoms with van der Waals surface area (Å²) in [4.78, 5) is 44.7. The molecule has 0 atom stereocenters. The van der Waals surface area contributed by atoms with E-state index in [1.54, 1.807) is 12.3 Å². The van der Waals surface area contributed by atoms with E-state index in [9.17, 15) is 14.4 Å². The van der Waals surface area contributed by atoms with Crippen LogP contribution in [-0.2, 0) is 16.1 Å². The summed E-state index contributed by atoms with van der Waals surface area (Å²) in [7, 11) is 0. The number of likely N-dealkylation sites (tertiary alicyclic amines) is 1. The lowest BCUT2D eigenvalue weighted by atomic mass is 10.0. The lowest BCUT2D eigenvalue weighted by Gasteiger charge is -2.35. The summed E-state index contributed by atoms with van der Waals surface area (Å²) >= 11 is 0. The molecule has 0 unspecified atom stereocenters. The standard InChI is InChI=1S/C16H17N5O3/c1-2-11-6-20(7-11)9-14(23)18-5-12(22)8-21-10-19-15-13(16(21)24)3-4-17-15/h1,3-4,10-11,17H,5-9H2,(H,18,23). The molecule has 24 heavy (non-hydrogen) atoms. The molecule has 0 spiro atoms. The first-order valence-electron chi connectivity index (χ1n) is 7.56. The highest BCUT2D eigenvalue weighted by Crippen LogP contribution is 2.12. The second-order valence-electron chi connectivity index (χ2n) is 5.79. The first kappa shape index (κ1) is 16.0. The van der Waals surface area contributed by atoms with Gasteiger partial charge in [0.2, 0.25) is 5.91 Å². The lowest BCUT2D eigenvalue weighted by molar-refractivity contribution is -0.127. The van der Waals surface area contributed by atoms with Crippen molar-refractivity contribution in [3.05, 3.63) is 28.9 Å². The van der Waals surface area contributed by atoms with E-state index in [-0.39, 0.29) is 42.8 Å². The van der Waals surface area contributed by atoms with Crippen LogP contribution in [0.25, 0.3) is 11.0 Å². The van der Waals surface area contributed by atoms with Crippen molar-refractivity contribution in [1.82, 2.24) is 24.8 Å². The van der Waals surface area contributed by atoms with Crippen LogP contribution in [-0.4, -0.2) is 57.3 Å². The van der Waals surface area contributed by atoms with Crippen LogP contribution in [0.3, 0.4) is 0 Å². The Labute approximate surface area is 137 Å². The zero-order chi connectivity index (χ0) is 17.1. The molecule has 3 heterocycles. The van der Waals surface area contributed by atoms with Crippen molar-refractivity contribution in [3.8, 4) is 12.3 Å². The van der Waals surface area contributed by atoms with Crippen molar-refractivity contribution in [2.24, 2.45) is 5.92 Å². The Bertz CT molecular complexity index is 870. The third kappa shape index (κ3) is 3.36. The van der Waals surface area contributed by atoms with Gasteiger partial charge in [0.15, 0.2) is 5.78 Å². The maximum Gasteiger partial charge on any atom is 0.263 e. The van der Waals surface area contributed by atoms with Crippen molar-refractivity contribution < 1.29 is 9.59 Å². The highest BCUT2D eigenvalue weighted by atomic mass is 16.2. The SMILES string of the molecule is C#CC1CN(CC(=O)NCC(=O)Cn2cnc3[nH]ccc3c2=O)C1. The van der Waals surface area contributed by atoms with E-state index in [0.717, 1.165) is 0 Å². The molecule has 0 saturated carbocycles. The zero-order valence-corrected chi connectivity index (χ0v) is 13.0. The number of aromatic amines is 1. The fourth-order valence-corrected chi connectivity index (χ4v) is 2.59. The van der Waals surface area contributed by atoms with Gasteiger partial charge in [-0.05, 0) is 6.07 Å². The van der Waals surface area contributed by atoms with E-state index in [1.807, 2.05) is 4.90 Å². The van der Waals surface area contributed by atoms with Gasteiger partial charge in [0.1, 0.15) is 12.0 Å². The highest BCUT2D eigenvalue weighted by Gasteiger charge is 2.26. The number of amides is 1. The van der Waals surface area contributed by atoms with Crippen molar-refractivity contribution in [3.63, 3.8) is 0 Å². The summed E-state index contributed by atoms with van der Waals surface area (Å²) < 4.78 is 1.23. The predicted octanol–water partition coefficient (Wildman–Crippen LogP) is -1.03. The minimum Gasteiger partial charge on any atom is -0.348 e. The molecule has 0 bridgehead atoms. The molecule has 1 amide bonds. The quantitative estimate of drug-likeness (QED) is 0.661. The molecular formula is C16H17N5O3. The molecule has 1 aliphatic heterocycles. The Balaban J connectivity index is 1.48. The number of carbonyl (C=O) groups excluding carboxylic acids is 2. The van der Waals surface area contributed by atoms with Crippen LogP contribution >= 0.6 is 0 Å². The van der Waals surface area contributed by atoms with E-state index < -0.39 is 0 Å². The fourth-order valence-electron chi connectivity index (χ4n) is 2.59. The number of ketones is 1. The van der Waals surface area contributed by atoms with E-state index in [0.29, 0.717) is 24.1 Å². The number of Topliss-reactive ketones (excluding diaryl/α,β-unsaturated/α-hetero) is 1. The lowest BCUT2D eigenvalue weighted by Crippen LogP contribution is -2.50. The number of terminal acetylenes is 1. The summed E-state index contributed by atoms with van der Waals surface area (Å²) in [5.41, 5.74) is 0.193. The molecule has 0 radical (unpaired) electrons. The third-order valence-electron chi connectivity index (χ3n) is 3.93. The van der Waals surface area contributed by atoms with E-state index in [1.165, 1.54) is 10.9 Å². The number of hydrogen-bond acceptors (Lipinski definition) is 5. The van der Waals surface area contributed by atoms with Gasteiger partial charge in [-0.15, -0.1) is 12.3 Å². The van der Waals surface area contributed by atoms with E-state index in [2.05, 4.69) is 21.2 Å². The van der Waals surface area contributed by atoms with Crippen molar-refractivity contribution in [1.29, 1.82) is 0 Å². The summed E-state index contributed by atoms with van der Waals surface area (Å²) in [5, 5.41) is 2.99. The summed E-state index contributed by atoms with van der Waals surface area (Å²) in [6, 6.07) is 1.62. The smallest absolute Gasteiger partial charge is 0.263 e. The molecule has 1 aliphatic rings. The van der Waals surface area contributed by atoms with Crippen LogP contribution in [0.5, 0.6) is 0 Å². The molecule has 2 aromatic heterocycles. The number of rotatable bonds is 6. The Morgan fingerprint density at radius 3 is 2.96 bits per heavy atom. The molecule has 8 nitrogen and oxygen atoms in total. The van der Waals surface area contributed by atoms with E-state index in [4.69, 9.17) is 6.42 Å². The second-order valence-corrected chi connectivity index (χ2v) is 5.79. The summed E-state index contributed by atoms with van der Waals surface area (Å²) in [6.07, 6.45) is 8.22. The molecule has 8 heteroatoms. The van der Waals surface area contributed by atoms with Crippen molar-refractivity contribution in [2.45, 2.75) is 6.54 Å². The van der Waals surface area contributed by atoms with Crippen LogP contribution in [0.1, 0.15) is 0 Å². The monoisotopic (exact) mass is 327 g/mol. The number of hydrogen-bond donors (Lipinski definition) is 2. The van der Waals surface area contributed by atoms with Gasteiger partial charge in [0.25, 0.3) is 5.56 Å². The van der Waals surface area contributed by atoms with Gasteiger partial charge >= 0.3 is 0 Å². The molecule has 3 rings (SSSR count). The van der Waals surface area contributed by atoms with Gasteiger partial charge in [-0.2, -0.15) is 0 Å². The highest BCUT2D eigenvalue weighted by molar-refractivity contribution is 5.86. The normalized spacial score (nSPS) is 15.0. The topological polar surface area (TPSA) is 100 Å². The molecule has 124 valence electrons. The van der Waals surface area contributed by atoms with Crippen LogP contribution in [0.15, 0.2) is 23.4 Å². The second kappa shape index (κ2) is 6.68. The Hall–Kier alpha value is -2.92. The molecule has 2 N–H and O–H groups in total. The van der Waals surface area contributed by atoms with E-state index >= 15 is 0 Å². The Morgan fingerprint density at radius 1 is 1.42 bits per heavy atom. The molecule has 1 fully saturated rings. The average molecular weight is 327 g/mol. The number of nitrogens with one attached hydrogen (secondary N) is 2. The maximum absolute atomic E-state index is 12.2. The van der Waals surface area contributed by atoms with Crippen molar-refractivity contribution >= 4 is 22.7 Å². The molecule has 2 aromatic rings. The predicted molar refractivity (Wildman–Crippen MR) is 87.1 cm³/mol. The van der Waals surface area contributed by atoms with Gasteiger partial charge in [-0.25, -0.2) is 4.98 Å². The summed E-state index contributed by atoms with van der Waals surface area (Å²) in [6.45, 7) is 1.38.